The summed E-state index contributed by atoms with van der Waals surface area (Å²) in [5.74, 6) is -0.724. The summed E-state index contributed by atoms with van der Waals surface area (Å²) in [5, 5.41) is 7.37. The summed E-state index contributed by atoms with van der Waals surface area (Å²) in [6, 6.07) is 11.9. The minimum absolute atomic E-state index is 0.320. The molecule has 134 valence electrons. The van der Waals surface area contributed by atoms with Crippen molar-refractivity contribution >= 4 is 34.8 Å². The van der Waals surface area contributed by atoms with Gasteiger partial charge in [0.15, 0.2) is 5.69 Å². The molecular formula is C18H13Cl2F2N3O. The molecule has 0 spiro atoms. The third-order valence-corrected chi connectivity index (χ3v) is 4.25. The number of halogens is 4. The molecule has 3 rings (SSSR count). The second kappa shape index (κ2) is 7.43. The number of amides is 1. The van der Waals surface area contributed by atoms with Gasteiger partial charge in [-0.3, -0.25) is 9.48 Å². The maximum Gasteiger partial charge on any atom is 0.276 e. The molecule has 4 nitrogen and oxygen atoms in total. The van der Waals surface area contributed by atoms with Crippen LogP contribution in [0.1, 0.15) is 22.5 Å². The Morgan fingerprint density at radius 2 is 1.88 bits per heavy atom. The number of carbonyl (C=O) groups excluding carboxylic acids is 1. The molecule has 0 saturated heterocycles. The Balaban J connectivity index is 1.98. The van der Waals surface area contributed by atoms with Crippen LogP contribution in [0.5, 0.6) is 0 Å². The van der Waals surface area contributed by atoms with Gasteiger partial charge in [0.25, 0.3) is 12.3 Å². The van der Waals surface area contributed by atoms with Crippen molar-refractivity contribution in [3.63, 3.8) is 0 Å². The molecule has 0 fully saturated rings. The van der Waals surface area contributed by atoms with Crippen LogP contribution in [0.2, 0.25) is 10.0 Å². The lowest BCUT2D eigenvalue weighted by atomic mass is 10.0. The number of rotatable bonds is 4. The van der Waals surface area contributed by atoms with Gasteiger partial charge in [-0.25, -0.2) is 8.78 Å². The maximum absolute atomic E-state index is 13.1. The first-order chi connectivity index (χ1) is 12.4. The van der Waals surface area contributed by atoms with Crippen LogP contribution in [0.4, 0.5) is 14.5 Å². The van der Waals surface area contributed by atoms with Crippen LogP contribution < -0.4 is 5.32 Å². The number of benzene rings is 2. The first-order valence-electron chi connectivity index (χ1n) is 7.54. The summed E-state index contributed by atoms with van der Waals surface area (Å²) < 4.78 is 27.4. The number of nitrogens with zero attached hydrogens (tertiary/aromatic N) is 2. The zero-order valence-corrected chi connectivity index (χ0v) is 15.0. The lowest BCUT2D eigenvalue weighted by Crippen LogP contribution is -2.15. The summed E-state index contributed by atoms with van der Waals surface area (Å²) in [7, 11) is 1.48. The molecule has 0 aliphatic carbocycles. The molecule has 0 radical (unpaired) electrons. The Morgan fingerprint density at radius 1 is 1.15 bits per heavy atom. The lowest BCUT2D eigenvalue weighted by molar-refractivity contribution is 0.100. The Labute approximate surface area is 158 Å². The van der Waals surface area contributed by atoms with Crippen LogP contribution in [-0.2, 0) is 7.05 Å². The minimum atomic E-state index is -2.80. The molecule has 1 heterocycles. The molecule has 0 atom stereocenters. The van der Waals surface area contributed by atoms with E-state index in [1.165, 1.54) is 11.7 Å². The van der Waals surface area contributed by atoms with Crippen molar-refractivity contribution in [2.75, 3.05) is 5.32 Å². The number of aryl methyl sites for hydroxylation is 1. The lowest BCUT2D eigenvalue weighted by Gasteiger charge is -2.12. The van der Waals surface area contributed by atoms with E-state index in [0.717, 1.165) is 6.20 Å². The van der Waals surface area contributed by atoms with E-state index in [2.05, 4.69) is 10.4 Å². The van der Waals surface area contributed by atoms with E-state index >= 15 is 0 Å². The van der Waals surface area contributed by atoms with Crippen molar-refractivity contribution in [3.05, 3.63) is 70.0 Å². The number of carbonyl (C=O) groups is 1. The molecule has 0 aliphatic rings. The second-order valence-electron chi connectivity index (χ2n) is 5.53. The van der Waals surface area contributed by atoms with Crippen LogP contribution >= 0.6 is 23.2 Å². The van der Waals surface area contributed by atoms with Crippen molar-refractivity contribution in [1.82, 2.24) is 9.78 Å². The third kappa shape index (κ3) is 3.71. The van der Waals surface area contributed by atoms with Gasteiger partial charge in [0.2, 0.25) is 0 Å². The highest BCUT2D eigenvalue weighted by molar-refractivity contribution is 6.36. The van der Waals surface area contributed by atoms with Gasteiger partial charge in [0.1, 0.15) is 0 Å². The van der Waals surface area contributed by atoms with E-state index in [4.69, 9.17) is 23.2 Å². The average Bonchev–Trinajstić information content (AvgIpc) is 2.98. The summed E-state index contributed by atoms with van der Waals surface area (Å²) in [6.07, 6.45) is -1.67. The Bertz CT molecular complexity index is 973. The smallest absolute Gasteiger partial charge is 0.276 e. The summed E-state index contributed by atoms with van der Waals surface area (Å²) in [5.41, 5.74) is 0.971. The fourth-order valence-electron chi connectivity index (χ4n) is 2.56. The Kier molecular flexibility index (Phi) is 5.25. The molecule has 2 aromatic carbocycles. The van der Waals surface area contributed by atoms with E-state index in [1.54, 1.807) is 42.5 Å². The number of alkyl halides is 2. The molecule has 1 amide bonds. The molecule has 1 N–H and O–H groups in total. The monoisotopic (exact) mass is 395 g/mol. The van der Waals surface area contributed by atoms with Crippen molar-refractivity contribution in [2.45, 2.75) is 6.43 Å². The normalized spacial score (nSPS) is 11.0. The largest absolute Gasteiger partial charge is 0.320 e. The number of anilines is 1. The highest BCUT2D eigenvalue weighted by Gasteiger charge is 2.23. The fraction of sp³-hybridized carbons (Fsp3) is 0.111. The zero-order valence-electron chi connectivity index (χ0n) is 13.5. The van der Waals surface area contributed by atoms with Crippen molar-refractivity contribution in [2.24, 2.45) is 7.05 Å². The van der Waals surface area contributed by atoms with E-state index < -0.39 is 17.9 Å². The molecule has 0 unspecified atom stereocenters. The number of para-hydroxylation sites is 1. The highest BCUT2D eigenvalue weighted by atomic mass is 35.5. The number of nitrogens with one attached hydrogen (secondary N) is 1. The van der Waals surface area contributed by atoms with Crippen molar-refractivity contribution < 1.29 is 13.6 Å². The molecule has 3 aromatic rings. The van der Waals surface area contributed by atoms with Gasteiger partial charge in [-0.15, -0.1) is 0 Å². The van der Waals surface area contributed by atoms with Gasteiger partial charge >= 0.3 is 0 Å². The summed E-state index contributed by atoms with van der Waals surface area (Å²) in [6.45, 7) is 0. The summed E-state index contributed by atoms with van der Waals surface area (Å²) >= 11 is 12.2. The number of aromatic nitrogens is 2. The van der Waals surface area contributed by atoms with Gasteiger partial charge < -0.3 is 5.32 Å². The Morgan fingerprint density at radius 3 is 2.58 bits per heavy atom. The standard InChI is InChI=1S/C18H13Cl2F2N3O/c1-25-9-13(17(21)22)16(24-25)18(26)23-15-5-3-2-4-12(15)11-7-6-10(19)8-14(11)20/h2-9,17H,1H3,(H,23,26). The SMILES string of the molecule is Cn1cc(C(F)F)c(C(=O)Nc2ccccc2-c2ccc(Cl)cc2Cl)n1. The van der Waals surface area contributed by atoms with E-state index in [-0.39, 0.29) is 5.69 Å². The number of hydrogen-bond acceptors (Lipinski definition) is 2. The minimum Gasteiger partial charge on any atom is -0.320 e. The van der Waals surface area contributed by atoms with Crippen molar-refractivity contribution in [3.8, 4) is 11.1 Å². The van der Waals surface area contributed by atoms with Gasteiger partial charge in [-0.2, -0.15) is 5.10 Å². The third-order valence-electron chi connectivity index (χ3n) is 3.70. The topological polar surface area (TPSA) is 46.9 Å². The predicted molar refractivity (Wildman–Crippen MR) is 98.0 cm³/mol. The first-order valence-corrected chi connectivity index (χ1v) is 8.30. The van der Waals surface area contributed by atoms with E-state index in [0.29, 0.717) is 26.9 Å². The Hall–Kier alpha value is -2.44. The van der Waals surface area contributed by atoms with Crippen LogP contribution in [-0.4, -0.2) is 15.7 Å². The second-order valence-corrected chi connectivity index (χ2v) is 6.37. The summed E-state index contributed by atoms with van der Waals surface area (Å²) in [4.78, 5) is 12.5. The molecule has 1 aromatic heterocycles. The zero-order chi connectivity index (χ0) is 18.8. The van der Waals surface area contributed by atoms with Crippen molar-refractivity contribution in [1.29, 1.82) is 0 Å². The molecule has 26 heavy (non-hydrogen) atoms. The first kappa shape index (κ1) is 18.4. The predicted octanol–water partition coefficient (Wildman–Crippen LogP) is 5.58. The van der Waals surface area contributed by atoms with Gasteiger partial charge in [0.05, 0.1) is 5.56 Å². The van der Waals surface area contributed by atoms with Gasteiger partial charge in [0, 0.05) is 40.1 Å². The van der Waals surface area contributed by atoms with Gasteiger partial charge in [-0.05, 0) is 18.2 Å². The average molecular weight is 396 g/mol. The number of hydrogen-bond donors (Lipinski definition) is 1. The van der Waals surface area contributed by atoms with Crippen LogP contribution in [0, 0.1) is 0 Å². The maximum atomic E-state index is 13.1. The van der Waals surface area contributed by atoms with Crippen LogP contribution in [0.15, 0.2) is 48.7 Å². The molecule has 0 bridgehead atoms. The molecule has 0 saturated carbocycles. The fourth-order valence-corrected chi connectivity index (χ4v) is 3.07. The molecule has 0 aliphatic heterocycles. The van der Waals surface area contributed by atoms with Crippen LogP contribution in [0.25, 0.3) is 11.1 Å². The highest BCUT2D eigenvalue weighted by Crippen LogP contribution is 2.35. The van der Waals surface area contributed by atoms with E-state index in [1.807, 2.05) is 0 Å². The molecular weight excluding hydrogens is 383 g/mol. The molecule has 8 heteroatoms. The quantitative estimate of drug-likeness (QED) is 0.626. The van der Waals surface area contributed by atoms with Gasteiger partial charge in [-0.1, -0.05) is 47.5 Å². The van der Waals surface area contributed by atoms with E-state index in [9.17, 15) is 13.6 Å². The van der Waals surface area contributed by atoms with Crippen LogP contribution in [0.3, 0.4) is 0 Å².